The molecule has 40 heavy (non-hydrogen) atoms. The number of ether oxygens (including phenoxy) is 2. The second-order valence-electron chi connectivity index (χ2n) is 9.22. The van der Waals surface area contributed by atoms with Gasteiger partial charge in [-0.2, -0.15) is 0 Å². The highest BCUT2D eigenvalue weighted by atomic mass is 19.1. The third-order valence-electron chi connectivity index (χ3n) is 6.68. The molecule has 6 rings (SSSR count). The van der Waals surface area contributed by atoms with Crippen LogP contribution in [0.1, 0.15) is 45.0 Å². The summed E-state index contributed by atoms with van der Waals surface area (Å²) in [5.41, 5.74) is 9.50. The van der Waals surface area contributed by atoms with Crippen LogP contribution >= 0.6 is 0 Å². The largest absolute Gasteiger partial charge is 0.467 e. The van der Waals surface area contributed by atoms with Crippen molar-refractivity contribution >= 4 is 22.8 Å². The number of nitrogen functional groups attached to an aromatic ring is 1. The summed E-state index contributed by atoms with van der Waals surface area (Å²) in [6.45, 7) is -0.0625. The second-order valence-corrected chi connectivity index (χ2v) is 9.22. The van der Waals surface area contributed by atoms with Crippen LogP contribution in [-0.2, 0) is 4.74 Å². The van der Waals surface area contributed by atoms with Crippen molar-refractivity contribution in [2.45, 2.75) is 12.1 Å². The van der Waals surface area contributed by atoms with Gasteiger partial charge in [-0.1, -0.05) is 42.2 Å². The zero-order chi connectivity index (χ0) is 27.6. The molecular formula is C31H24FN5O3. The molecule has 1 aliphatic heterocycles. The predicted octanol–water partition coefficient (Wildman–Crippen LogP) is 5.00. The van der Waals surface area contributed by atoms with Gasteiger partial charge >= 0.3 is 0 Å². The number of para-hydroxylation sites is 2. The van der Waals surface area contributed by atoms with Crippen LogP contribution in [0.4, 0.5) is 10.2 Å². The summed E-state index contributed by atoms with van der Waals surface area (Å²) in [6.07, 6.45) is 1.58. The van der Waals surface area contributed by atoms with Gasteiger partial charge in [-0.25, -0.2) is 14.4 Å². The van der Waals surface area contributed by atoms with E-state index < -0.39 is 17.9 Å². The lowest BCUT2D eigenvalue weighted by Gasteiger charge is -2.31. The number of imidazole rings is 1. The van der Waals surface area contributed by atoms with Gasteiger partial charge in [-0.15, -0.1) is 0 Å². The van der Waals surface area contributed by atoms with Crippen LogP contribution < -0.4 is 10.5 Å². The first-order valence-corrected chi connectivity index (χ1v) is 12.5. The molecule has 2 unspecified atom stereocenters. The van der Waals surface area contributed by atoms with Crippen LogP contribution in [0.15, 0.2) is 85.1 Å². The predicted molar refractivity (Wildman–Crippen MR) is 148 cm³/mol. The van der Waals surface area contributed by atoms with E-state index >= 15 is 0 Å². The van der Waals surface area contributed by atoms with E-state index in [4.69, 9.17) is 20.2 Å². The molecule has 0 aliphatic carbocycles. The Morgan fingerprint density at radius 3 is 2.73 bits per heavy atom. The van der Waals surface area contributed by atoms with E-state index in [-0.39, 0.29) is 12.7 Å². The number of nitrogens with two attached hydrogens (primary N) is 1. The Hall–Kier alpha value is -5.20. The number of hydrogen-bond acceptors (Lipinski definition) is 6. The first-order chi connectivity index (χ1) is 19.5. The average molecular weight is 534 g/mol. The number of nitrogens with one attached hydrogen (secondary N) is 1. The molecule has 5 aromatic rings. The molecule has 8 nitrogen and oxygen atoms in total. The number of methoxy groups -OCH3 is 1. The summed E-state index contributed by atoms with van der Waals surface area (Å²) in [5, 5.41) is 0. The highest BCUT2D eigenvalue weighted by Gasteiger charge is 2.43. The van der Waals surface area contributed by atoms with Crippen molar-refractivity contribution in [2.75, 3.05) is 19.6 Å². The van der Waals surface area contributed by atoms with Crippen molar-refractivity contribution in [3.05, 3.63) is 119 Å². The van der Waals surface area contributed by atoms with Crippen molar-refractivity contribution in [2.24, 2.45) is 0 Å². The fourth-order valence-corrected chi connectivity index (χ4v) is 4.90. The Balaban J connectivity index is 1.56. The Labute approximate surface area is 229 Å². The molecule has 0 fully saturated rings. The maximum atomic E-state index is 14.8. The third-order valence-corrected chi connectivity index (χ3v) is 6.68. The highest BCUT2D eigenvalue weighted by molar-refractivity contribution is 6.00. The number of pyridine rings is 1. The Morgan fingerprint density at radius 1 is 1.10 bits per heavy atom. The van der Waals surface area contributed by atoms with Crippen LogP contribution in [0.5, 0.6) is 5.75 Å². The van der Waals surface area contributed by atoms with Crippen LogP contribution in [-0.4, -0.2) is 39.7 Å². The molecule has 3 N–H and O–H groups in total. The van der Waals surface area contributed by atoms with Crippen molar-refractivity contribution < 1.29 is 18.7 Å². The zero-order valence-corrected chi connectivity index (χ0v) is 21.5. The second kappa shape index (κ2) is 10.5. The fourth-order valence-electron chi connectivity index (χ4n) is 4.90. The number of halogens is 1. The molecule has 1 amide bonds. The van der Waals surface area contributed by atoms with E-state index in [2.05, 4.69) is 21.8 Å². The number of amides is 1. The number of carbonyl (C=O) groups excluding carboxylic acids is 1. The number of benzene rings is 3. The molecule has 0 spiro atoms. The number of aromatic nitrogens is 3. The third kappa shape index (κ3) is 4.61. The van der Waals surface area contributed by atoms with E-state index in [1.54, 1.807) is 35.4 Å². The van der Waals surface area contributed by atoms with E-state index in [1.165, 1.54) is 25.3 Å². The van der Waals surface area contributed by atoms with Crippen LogP contribution in [0, 0.1) is 17.7 Å². The summed E-state index contributed by atoms with van der Waals surface area (Å²) in [6, 6.07) is 20.9. The average Bonchev–Trinajstić information content (AvgIpc) is 3.52. The van der Waals surface area contributed by atoms with Crippen LogP contribution in [0.2, 0.25) is 0 Å². The molecular weight excluding hydrogens is 509 g/mol. The minimum atomic E-state index is -0.876. The maximum Gasteiger partial charge on any atom is 0.256 e. The van der Waals surface area contributed by atoms with Crippen molar-refractivity contribution in [1.29, 1.82) is 0 Å². The normalized spacial score (nSPS) is 15.0. The van der Waals surface area contributed by atoms with E-state index in [9.17, 15) is 9.18 Å². The molecule has 3 aromatic carbocycles. The highest BCUT2D eigenvalue weighted by Crippen LogP contribution is 2.44. The fraction of sp³-hybridized carbons (Fsp3) is 0.129. The number of anilines is 1. The van der Waals surface area contributed by atoms with Crippen molar-refractivity contribution in [3.63, 3.8) is 0 Å². The van der Waals surface area contributed by atoms with E-state index in [0.29, 0.717) is 39.6 Å². The Morgan fingerprint density at radius 2 is 1.93 bits per heavy atom. The first kappa shape index (κ1) is 25.1. The number of rotatable bonds is 6. The van der Waals surface area contributed by atoms with Gasteiger partial charge < -0.3 is 25.1 Å². The molecule has 0 bridgehead atoms. The molecule has 2 aromatic heterocycles. The molecule has 1 aliphatic rings. The van der Waals surface area contributed by atoms with Gasteiger partial charge in [0.2, 0.25) is 0 Å². The van der Waals surface area contributed by atoms with Gasteiger partial charge in [0.05, 0.1) is 11.0 Å². The minimum absolute atomic E-state index is 0.0625. The van der Waals surface area contributed by atoms with Crippen LogP contribution in [0.25, 0.3) is 11.0 Å². The minimum Gasteiger partial charge on any atom is -0.467 e. The number of H-pyrrole nitrogens is 1. The molecule has 3 heterocycles. The first-order valence-electron chi connectivity index (χ1n) is 12.5. The van der Waals surface area contributed by atoms with Gasteiger partial charge in [0, 0.05) is 30.0 Å². The number of carbonyl (C=O) groups is 1. The maximum absolute atomic E-state index is 14.8. The number of nitrogens with zero attached hydrogens (tertiary/aromatic N) is 3. The smallest absolute Gasteiger partial charge is 0.256 e. The van der Waals surface area contributed by atoms with Gasteiger partial charge in [0.15, 0.2) is 6.79 Å². The van der Waals surface area contributed by atoms with Gasteiger partial charge in [-0.3, -0.25) is 4.79 Å². The van der Waals surface area contributed by atoms with Gasteiger partial charge in [-0.05, 0) is 54.1 Å². The summed E-state index contributed by atoms with van der Waals surface area (Å²) < 4.78 is 25.8. The van der Waals surface area contributed by atoms with Gasteiger partial charge in [0.1, 0.15) is 35.3 Å². The SMILES string of the molecule is COCOc1ccc(F)cc1C(c1nc2ccccc2[nH]1)N1C(=O)c2ccccc2C1C#Cc1ccc(N)nc1. The monoisotopic (exact) mass is 533 g/mol. The summed E-state index contributed by atoms with van der Waals surface area (Å²) >= 11 is 0. The summed E-state index contributed by atoms with van der Waals surface area (Å²) in [7, 11) is 1.50. The quantitative estimate of drug-likeness (QED) is 0.235. The van der Waals surface area contributed by atoms with E-state index in [1.807, 2.05) is 36.4 Å². The van der Waals surface area contributed by atoms with Gasteiger partial charge in [0.25, 0.3) is 5.91 Å². The van der Waals surface area contributed by atoms with Crippen molar-refractivity contribution in [3.8, 4) is 17.6 Å². The molecule has 0 radical (unpaired) electrons. The lowest BCUT2D eigenvalue weighted by molar-refractivity contribution is 0.0484. The number of fused-ring (bicyclic) bond motifs is 2. The Bertz CT molecular complexity index is 1740. The zero-order valence-electron chi connectivity index (χ0n) is 21.5. The molecule has 9 heteroatoms. The molecule has 198 valence electrons. The lowest BCUT2D eigenvalue weighted by atomic mass is 10.0. The van der Waals surface area contributed by atoms with E-state index in [0.717, 1.165) is 11.1 Å². The molecule has 0 saturated heterocycles. The summed E-state index contributed by atoms with van der Waals surface area (Å²) in [4.78, 5) is 28.0. The summed E-state index contributed by atoms with van der Waals surface area (Å²) in [5.74, 6) is 6.82. The van der Waals surface area contributed by atoms with Crippen molar-refractivity contribution in [1.82, 2.24) is 19.9 Å². The lowest BCUT2D eigenvalue weighted by Crippen LogP contribution is -2.34. The van der Waals surface area contributed by atoms with Crippen LogP contribution in [0.3, 0.4) is 0 Å². The Kier molecular flexibility index (Phi) is 6.60. The standard InChI is InChI=1S/C31H24FN5O3/c1-39-18-40-27-14-12-20(32)16-23(27)29(30-35-24-8-4-5-9-25(24)36-30)37-26(13-10-19-11-15-28(33)34-17-19)21-6-2-3-7-22(21)31(37)38/h2-9,11-12,14-17,26,29H,18H2,1H3,(H2,33,34)(H,35,36). The number of aromatic amines is 1. The number of hydrogen-bond donors (Lipinski definition) is 2. The molecule has 0 saturated carbocycles. The molecule has 2 atom stereocenters. The topological polar surface area (TPSA) is 106 Å².